The van der Waals surface area contributed by atoms with Crippen LogP contribution in [0.5, 0.6) is 0 Å². The molecule has 8 heteroatoms. The van der Waals surface area contributed by atoms with Gasteiger partial charge in [0.15, 0.2) is 6.10 Å². The molecule has 0 heterocycles. The molecule has 0 saturated heterocycles. The number of hydrogen-bond acceptors (Lipinski definition) is 7. The Morgan fingerprint density at radius 3 is 0.969 bits per heavy atom. The van der Waals surface area contributed by atoms with E-state index in [0.29, 0.717) is 12.8 Å². The Labute approximate surface area is 397 Å². The Morgan fingerprint density at radius 2 is 0.688 bits per heavy atom. The summed E-state index contributed by atoms with van der Waals surface area (Å²) in [5.74, 6) is -1.70. The van der Waals surface area contributed by atoms with E-state index in [2.05, 4.69) is 13.8 Å². The fraction of sp³-hybridized carbons (Fsp3) is 0.946. The number of aliphatic carboxylic acids is 1. The number of carbonyl (C=O) groups is 3. The maximum Gasteiger partial charge on any atom is 0.306 e. The number of quaternary nitrogens is 1. The highest BCUT2D eigenvalue weighted by Gasteiger charge is 2.25. The van der Waals surface area contributed by atoms with E-state index >= 15 is 0 Å². The zero-order valence-electron chi connectivity index (χ0n) is 43.5. The molecule has 0 aliphatic rings. The van der Waals surface area contributed by atoms with Gasteiger partial charge < -0.3 is 28.6 Å². The molecule has 0 aromatic carbocycles. The van der Waals surface area contributed by atoms with E-state index in [0.717, 1.165) is 38.5 Å². The van der Waals surface area contributed by atoms with Crippen LogP contribution in [0.15, 0.2) is 0 Å². The van der Waals surface area contributed by atoms with Gasteiger partial charge in [0.05, 0.1) is 40.3 Å². The number of esters is 2. The second-order valence-corrected chi connectivity index (χ2v) is 20.5. The van der Waals surface area contributed by atoms with E-state index in [1.807, 2.05) is 21.1 Å². The van der Waals surface area contributed by atoms with E-state index < -0.39 is 18.1 Å². The maximum absolute atomic E-state index is 12.8. The number of carboxylic acids is 1. The van der Waals surface area contributed by atoms with Crippen LogP contribution in [-0.4, -0.2) is 75.5 Å². The van der Waals surface area contributed by atoms with Crippen molar-refractivity contribution in [3.05, 3.63) is 0 Å². The van der Waals surface area contributed by atoms with Crippen LogP contribution in [0.25, 0.3) is 0 Å². The molecule has 0 fully saturated rings. The summed E-state index contributed by atoms with van der Waals surface area (Å²) in [7, 11) is 5.44. The summed E-state index contributed by atoms with van der Waals surface area (Å²) >= 11 is 0. The van der Waals surface area contributed by atoms with Crippen molar-refractivity contribution in [1.82, 2.24) is 0 Å². The molecule has 0 bridgehead atoms. The number of likely N-dealkylation sites (N-methyl/N-ethyl adjacent to an activating group) is 1. The predicted molar refractivity (Wildman–Crippen MR) is 268 cm³/mol. The molecule has 2 unspecified atom stereocenters. The van der Waals surface area contributed by atoms with Crippen LogP contribution >= 0.6 is 0 Å². The van der Waals surface area contributed by atoms with Crippen molar-refractivity contribution in [3.63, 3.8) is 0 Å². The molecule has 0 aliphatic carbocycles. The van der Waals surface area contributed by atoms with Gasteiger partial charge in [0, 0.05) is 19.3 Å². The molecule has 0 aromatic rings. The third kappa shape index (κ3) is 45.5. The fourth-order valence-electron chi connectivity index (χ4n) is 8.90. The van der Waals surface area contributed by atoms with E-state index in [4.69, 9.17) is 14.2 Å². The molecular weight excluding hydrogens is 799 g/mol. The van der Waals surface area contributed by atoms with E-state index in [1.165, 1.54) is 218 Å². The Bertz CT molecular complexity index is 1010. The largest absolute Gasteiger partial charge is 0.544 e. The highest BCUT2D eigenvalue weighted by Crippen LogP contribution is 2.18. The smallest absolute Gasteiger partial charge is 0.306 e. The number of unbranched alkanes of at least 4 members (excludes halogenated alkanes) is 38. The first kappa shape index (κ1) is 62.3. The van der Waals surface area contributed by atoms with Gasteiger partial charge in [-0.2, -0.15) is 0 Å². The van der Waals surface area contributed by atoms with E-state index in [-0.39, 0.29) is 42.7 Å². The highest BCUT2D eigenvalue weighted by molar-refractivity contribution is 5.70. The van der Waals surface area contributed by atoms with Gasteiger partial charge in [0.25, 0.3) is 0 Å². The van der Waals surface area contributed by atoms with Crippen LogP contribution in [0.3, 0.4) is 0 Å². The third-order valence-electron chi connectivity index (χ3n) is 13.2. The van der Waals surface area contributed by atoms with Crippen LogP contribution in [0, 0.1) is 0 Å². The van der Waals surface area contributed by atoms with Crippen LogP contribution in [0.1, 0.15) is 290 Å². The number of nitrogens with zero attached hydrogens (tertiary/aromatic N) is 1. The van der Waals surface area contributed by atoms with Crippen LogP contribution in [0.2, 0.25) is 0 Å². The summed E-state index contributed by atoms with van der Waals surface area (Å²) in [6.45, 7) is 4.74. The summed E-state index contributed by atoms with van der Waals surface area (Å²) in [6.07, 6.45) is 52.8. The predicted octanol–water partition coefficient (Wildman–Crippen LogP) is 15.1. The second-order valence-electron chi connectivity index (χ2n) is 20.5. The lowest BCUT2D eigenvalue weighted by Crippen LogP contribution is -2.55. The lowest BCUT2D eigenvalue weighted by atomic mass is 10.0. The number of carbonyl (C=O) groups excluding carboxylic acids is 3. The van der Waals surface area contributed by atoms with Crippen molar-refractivity contribution in [3.8, 4) is 0 Å². The average molecular weight is 908 g/mol. The minimum Gasteiger partial charge on any atom is -0.544 e. The molecule has 0 N–H and O–H groups in total. The molecule has 64 heavy (non-hydrogen) atoms. The zero-order valence-corrected chi connectivity index (χ0v) is 43.5. The monoisotopic (exact) mass is 908 g/mol. The van der Waals surface area contributed by atoms with Crippen molar-refractivity contribution in [2.45, 2.75) is 302 Å². The molecule has 0 radical (unpaired) electrons. The first-order chi connectivity index (χ1) is 31.1. The van der Waals surface area contributed by atoms with Crippen LogP contribution in [-0.2, 0) is 28.6 Å². The first-order valence-corrected chi connectivity index (χ1v) is 28.1. The number of rotatable bonds is 52. The van der Waals surface area contributed by atoms with Crippen LogP contribution in [0.4, 0.5) is 0 Å². The summed E-state index contributed by atoms with van der Waals surface area (Å²) in [5.41, 5.74) is 0. The van der Waals surface area contributed by atoms with Crippen molar-refractivity contribution < 1.29 is 38.2 Å². The van der Waals surface area contributed by atoms with Gasteiger partial charge in [-0.15, -0.1) is 0 Å². The van der Waals surface area contributed by atoms with Crippen molar-refractivity contribution in [2.24, 2.45) is 0 Å². The standard InChI is InChI=1S/C56H109NO7/c1-6-8-10-12-14-16-18-20-22-24-25-26-27-28-29-31-33-35-37-39-41-43-45-47-55(59)64-52(50-62-49-48-53(56(60)61)57(3,4)5)51-63-54(58)46-44-42-40-38-36-34-32-30-23-21-19-17-15-13-11-9-7-2/h52-53H,6-51H2,1-5H3. The number of hydrogen-bond donors (Lipinski definition) is 0. The van der Waals surface area contributed by atoms with E-state index in [9.17, 15) is 19.5 Å². The Kier molecular flexibility index (Phi) is 46.6. The van der Waals surface area contributed by atoms with Gasteiger partial charge in [0.1, 0.15) is 12.6 Å². The van der Waals surface area contributed by atoms with Crippen LogP contribution < -0.4 is 5.11 Å². The third-order valence-corrected chi connectivity index (χ3v) is 13.2. The number of ether oxygens (including phenoxy) is 3. The quantitative estimate of drug-likeness (QED) is 0.0340. The summed E-state index contributed by atoms with van der Waals surface area (Å²) in [6, 6.07) is -0.720. The molecule has 0 aliphatic heterocycles. The fourth-order valence-corrected chi connectivity index (χ4v) is 8.90. The topological polar surface area (TPSA) is 102 Å². The van der Waals surface area contributed by atoms with Gasteiger partial charge in [-0.3, -0.25) is 9.59 Å². The maximum atomic E-state index is 12.8. The molecule has 0 spiro atoms. The Morgan fingerprint density at radius 1 is 0.406 bits per heavy atom. The molecular formula is C56H109NO7. The Balaban J connectivity index is 4.11. The molecule has 8 nitrogen and oxygen atoms in total. The van der Waals surface area contributed by atoms with Gasteiger partial charge >= 0.3 is 11.9 Å². The summed E-state index contributed by atoms with van der Waals surface area (Å²) in [5, 5.41) is 11.7. The molecule has 0 amide bonds. The molecule has 0 rings (SSSR count). The minimum absolute atomic E-state index is 0.0501. The van der Waals surface area contributed by atoms with Gasteiger partial charge in [-0.1, -0.05) is 258 Å². The average Bonchev–Trinajstić information content (AvgIpc) is 3.26. The molecule has 380 valence electrons. The highest BCUT2D eigenvalue weighted by atomic mass is 16.6. The van der Waals surface area contributed by atoms with Crippen molar-refractivity contribution in [1.29, 1.82) is 0 Å². The van der Waals surface area contributed by atoms with Gasteiger partial charge in [-0.25, -0.2) is 0 Å². The normalized spacial score (nSPS) is 12.7. The van der Waals surface area contributed by atoms with Crippen molar-refractivity contribution >= 4 is 17.9 Å². The summed E-state index contributed by atoms with van der Waals surface area (Å²) < 4.78 is 17.3. The summed E-state index contributed by atoms with van der Waals surface area (Å²) in [4.78, 5) is 37.1. The molecule has 2 atom stereocenters. The minimum atomic E-state index is -1.12. The lowest BCUT2D eigenvalue weighted by molar-refractivity contribution is -0.889. The molecule has 0 saturated carbocycles. The lowest BCUT2D eigenvalue weighted by Gasteiger charge is -2.34. The number of carboxylic acid groups (broad SMARTS) is 1. The zero-order chi connectivity index (χ0) is 47.0. The molecule has 0 aromatic heterocycles. The van der Waals surface area contributed by atoms with Gasteiger partial charge in [0.2, 0.25) is 0 Å². The van der Waals surface area contributed by atoms with Gasteiger partial charge in [-0.05, 0) is 12.8 Å². The van der Waals surface area contributed by atoms with Crippen molar-refractivity contribution in [2.75, 3.05) is 41.0 Å². The second kappa shape index (κ2) is 47.8. The van der Waals surface area contributed by atoms with E-state index in [1.54, 1.807) is 0 Å². The first-order valence-electron chi connectivity index (χ1n) is 28.1. The Hall–Kier alpha value is -1.67. The SMILES string of the molecule is CCCCCCCCCCCCCCCCCCCCCCCCCC(=O)OC(COCCC(C(=O)[O-])[N+](C)(C)C)COC(=O)CCCCCCCCCCCCCCCCCCC.